The Hall–Kier alpha value is -1.39. The van der Waals surface area contributed by atoms with E-state index < -0.39 is 0 Å². The van der Waals surface area contributed by atoms with Crippen LogP contribution in [0.4, 0.5) is 0 Å². The van der Waals surface area contributed by atoms with Crippen LogP contribution in [0.5, 0.6) is 0 Å². The summed E-state index contributed by atoms with van der Waals surface area (Å²) in [5.41, 5.74) is 2.90. The predicted octanol–water partition coefficient (Wildman–Crippen LogP) is 1.10. The third-order valence-electron chi connectivity index (χ3n) is 4.08. The van der Waals surface area contributed by atoms with Crippen molar-refractivity contribution in [3.8, 4) is 0 Å². The molecule has 1 aromatic rings. The van der Waals surface area contributed by atoms with Gasteiger partial charge < -0.3 is 15.3 Å². The molecule has 1 aliphatic carbocycles. The maximum absolute atomic E-state index is 12.4. The van der Waals surface area contributed by atoms with E-state index in [2.05, 4.69) is 5.32 Å². The molecule has 1 saturated heterocycles. The number of nitrogens with zero attached hydrogens (tertiary/aromatic N) is 1. The Kier molecular flexibility index (Phi) is 3.53. The summed E-state index contributed by atoms with van der Waals surface area (Å²) in [6.07, 6.45) is 2.44. The van der Waals surface area contributed by atoms with Crippen LogP contribution in [0.25, 0.3) is 0 Å². The molecule has 0 radical (unpaired) electrons. The molecule has 4 nitrogen and oxygen atoms in total. The summed E-state index contributed by atoms with van der Waals surface area (Å²) in [4.78, 5) is 14.3. The number of aryl methyl sites for hydroxylation is 1. The molecule has 1 heterocycles. The van der Waals surface area contributed by atoms with Crippen molar-refractivity contribution >= 4 is 5.91 Å². The summed E-state index contributed by atoms with van der Waals surface area (Å²) in [6.45, 7) is 3.29. The maximum atomic E-state index is 12.4. The van der Waals surface area contributed by atoms with E-state index in [9.17, 15) is 9.90 Å². The van der Waals surface area contributed by atoms with Gasteiger partial charge in [-0.25, -0.2) is 0 Å². The smallest absolute Gasteiger partial charge is 0.253 e. The minimum Gasteiger partial charge on any atom is -0.388 e. The number of amides is 1. The molecule has 102 valence electrons. The summed E-state index contributed by atoms with van der Waals surface area (Å²) in [5, 5.41) is 13.2. The van der Waals surface area contributed by atoms with E-state index in [1.54, 1.807) is 0 Å². The summed E-state index contributed by atoms with van der Waals surface area (Å²) < 4.78 is 0. The number of aliphatic hydroxyl groups is 1. The quantitative estimate of drug-likeness (QED) is 0.795. The summed E-state index contributed by atoms with van der Waals surface area (Å²) in [7, 11) is 0. The first-order valence-electron chi connectivity index (χ1n) is 7.06. The largest absolute Gasteiger partial charge is 0.388 e. The van der Waals surface area contributed by atoms with Crippen LogP contribution in [0.1, 0.15) is 40.4 Å². The number of hydrogen-bond acceptors (Lipinski definition) is 3. The van der Waals surface area contributed by atoms with E-state index in [4.69, 9.17) is 0 Å². The number of piperazine rings is 1. The molecule has 2 N–H and O–H groups in total. The van der Waals surface area contributed by atoms with Gasteiger partial charge in [-0.15, -0.1) is 0 Å². The lowest BCUT2D eigenvalue weighted by Crippen LogP contribution is -2.46. The summed E-state index contributed by atoms with van der Waals surface area (Å²) in [5.74, 6) is 0.115. The zero-order valence-electron chi connectivity index (χ0n) is 11.1. The van der Waals surface area contributed by atoms with E-state index in [0.717, 1.165) is 62.1 Å². The second kappa shape index (κ2) is 5.31. The molecular weight excluding hydrogens is 240 g/mol. The molecule has 19 heavy (non-hydrogen) atoms. The van der Waals surface area contributed by atoms with Gasteiger partial charge in [0.05, 0.1) is 6.10 Å². The van der Waals surface area contributed by atoms with Crippen molar-refractivity contribution in [3.05, 3.63) is 34.9 Å². The Morgan fingerprint density at radius 3 is 2.89 bits per heavy atom. The molecular formula is C15H20N2O2. The Labute approximate surface area is 113 Å². The standard InChI is InChI=1S/C15H20N2O2/c18-14-3-1-2-11-10-12(4-5-13(11)14)15(19)17-8-6-16-7-9-17/h4-5,10,14,16,18H,1-3,6-9H2. The van der Waals surface area contributed by atoms with Gasteiger partial charge >= 0.3 is 0 Å². The fourth-order valence-corrected chi connectivity index (χ4v) is 2.97. The number of carbonyl (C=O) groups excluding carboxylic acids is 1. The third kappa shape index (κ3) is 2.51. The number of aliphatic hydroxyl groups excluding tert-OH is 1. The molecule has 2 aliphatic rings. The molecule has 0 bridgehead atoms. The molecule has 3 rings (SSSR count). The van der Waals surface area contributed by atoms with E-state index in [-0.39, 0.29) is 12.0 Å². The lowest BCUT2D eigenvalue weighted by atomic mass is 9.88. The molecule has 0 saturated carbocycles. The highest BCUT2D eigenvalue weighted by atomic mass is 16.3. The minimum atomic E-state index is -0.355. The molecule has 4 heteroatoms. The predicted molar refractivity (Wildman–Crippen MR) is 73.1 cm³/mol. The molecule has 1 aliphatic heterocycles. The van der Waals surface area contributed by atoms with Crippen molar-refractivity contribution in [1.29, 1.82) is 0 Å². The molecule has 1 fully saturated rings. The van der Waals surface area contributed by atoms with Gasteiger partial charge in [-0.3, -0.25) is 4.79 Å². The van der Waals surface area contributed by atoms with Crippen molar-refractivity contribution < 1.29 is 9.90 Å². The highest BCUT2D eigenvalue weighted by molar-refractivity contribution is 5.94. The van der Waals surface area contributed by atoms with E-state index in [1.165, 1.54) is 0 Å². The van der Waals surface area contributed by atoms with Gasteiger partial charge in [0.1, 0.15) is 0 Å². The normalized spacial score (nSPS) is 23.0. The van der Waals surface area contributed by atoms with Crippen molar-refractivity contribution in [2.24, 2.45) is 0 Å². The molecule has 0 aromatic heterocycles. The average molecular weight is 260 g/mol. The van der Waals surface area contributed by atoms with E-state index in [0.29, 0.717) is 0 Å². The van der Waals surface area contributed by atoms with Crippen molar-refractivity contribution in [3.63, 3.8) is 0 Å². The second-order valence-electron chi connectivity index (χ2n) is 5.36. The lowest BCUT2D eigenvalue weighted by molar-refractivity contribution is 0.0735. The van der Waals surface area contributed by atoms with Crippen molar-refractivity contribution in [2.75, 3.05) is 26.2 Å². The lowest BCUT2D eigenvalue weighted by Gasteiger charge is -2.28. The average Bonchev–Trinajstić information content (AvgIpc) is 2.47. The first-order chi connectivity index (χ1) is 9.25. The van der Waals surface area contributed by atoms with Crippen LogP contribution in [0.15, 0.2) is 18.2 Å². The zero-order chi connectivity index (χ0) is 13.2. The van der Waals surface area contributed by atoms with Crippen LogP contribution >= 0.6 is 0 Å². The van der Waals surface area contributed by atoms with Gasteiger partial charge in [-0.2, -0.15) is 0 Å². The van der Waals surface area contributed by atoms with Gasteiger partial charge in [0.2, 0.25) is 0 Å². The van der Waals surface area contributed by atoms with Crippen LogP contribution in [0.2, 0.25) is 0 Å². The van der Waals surface area contributed by atoms with Gasteiger partial charge in [0.25, 0.3) is 5.91 Å². The molecule has 1 atom stereocenters. The van der Waals surface area contributed by atoms with Gasteiger partial charge in [0, 0.05) is 31.7 Å². The number of rotatable bonds is 1. The first-order valence-corrected chi connectivity index (χ1v) is 7.06. The fraction of sp³-hybridized carbons (Fsp3) is 0.533. The monoisotopic (exact) mass is 260 g/mol. The van der Waals surface area contributed by atoms with Crippen LogP contribution in [-0.2, 0) is 6.42 Å². The summed E-state index contributed by atoms with van der Waals surface area (Å²) in [6, 6.07) is 5.76. The van der Waals surface area contributed by atoms with Crippen LogP contribution < -0.4 is 5.32 Å². The van der Waals surface area contributed by atoms with Crippen LogP contribution in [-0.4, -0.2) is 42.1 Å². The first kappa shape index (κ1) is 12.6. The SMILES string of the molecule is O=C(c1ccc2c(c1)CCCC2O)N1CCNCC1. The fourth-order valence-electron chi connectivity index (χ4n) is 2.97. The highest BCUT2D eigenvalue weighted by Crippen LogP contribution is 2.30. The molecule has 1 unspecified atom stereocenters. The highest BCUT2D eigenvalue weighted by Gasteiger charge is 2.22. The molecule has 1 amide bonds. The number of nitrogens with one attached hydrogen (secondary N) is 1. The number of carbonyl (C=O) groups is 1. The summed E-state index contributed by atoms with van der Waals surface area (Å²) >= 11 is 0. The Morgan fingerprint density at radius 2 is 2.11 bits per heavy atom. The van der Waals surface area contributed by atoms with Gasteiger partial charge in [-0.05, 0) is 42.5 Å². The van der Waals surface area contributed by atoms with Crippen molar-refractivity contribution in [1.82, 2.24) is 10.2 Å². The number of fused-ring (bicyclic) bond motifs is 1. The van der Waals surface area contributed by atoms with Crippen LogP contribution in [0.3, 0.4) is 0 Å². The number of benzene rings is 1. The van der Waals surface area contributed by atoms with Gasteiger partial charge in [-0.1, -0.05) is 6.07 Å². The van der Waals surface area contributed by atoms with E-state index in [1.807, 2.05) is 23.1 Å². The Bertz CT molecular complexity index is 481. The zero-order valence-corrected chi connectivity index (χ0v) is 11.1. The van der Waals surface area contributed by atoms with Gasteiger partial charge in [0.15, 0.2) is 0 Å². The van der Waals surface area contributed by atoms with E-state index >= 15 is 0 Å². The number of hydrogen-bond donors (Lipinski definition) is 2. The Balaban J connectivity index is 1.83. The molecule has 0 spiro atoms. The third-order valence-corrected chi connectivity index (χ3v) is 4.08. The van der Waals surface area contributed by atoms with Crippen LogP contribution in [0, 0.1) is 0 Å². The second-order valence-corrected chi connectivity index (χ2v) is 5.36. The minimum absolute atomic E-state index is 0.115. The molecule has 1 aromatic carbocycles. The maximum Gasteiger partial charge on any atom is 0.253 e. The topological polar surface area (TPSA) is 52.6 Å². The van der Waals surface area contributed by atoms with Crippen molar-refractivity contribution in [2.45, 2.75) is 25.4 Å². The Morgan fingerprint density at radius 1 is 1.32 bits per heavy atom.